The van der Waals surface area contributed by atoms with Crippen LogP contribution in [0.15, 0.2) is 53.1 Å². The highest BCUT2D eigenvalue weighted by atomic mass is 16.3. The molecule has 0 aliphatic carbocycles. The number of oxazole rings is 1. The van der Waals surface area contributed by atoms with Crippen LogP contribution in [0.3, 0.4) is 0 Å². The lowest BCUT2D eigenvalue weighted by Gasteiger charge is -2.34. The van der Waals surface area contributed by atoms with Crippen LogP contribution in [0.4, 0.5) is 0 Å². The van der Waals surface area contributed by atoms with Gasteiger partial charge in [-0.2, -0.15) is 0 Å². The van der Waals surface area contributed by atoms with E-state index in [2.05, 4.69) is 61.2 Å². The summed E-state index contributed by atoms with van der Waals surface area (Å²) >= 11 is 0. The SMILES string of the molecule is CC1CC(C)CN(Cc2coc(-c3cccc4ccccc34)n2)C1. The summed E-state index contributed by atoms with van der Waals surface area (Å²) in [6.45, 7) is 7.87. The highest BCUT2D eigenvalue weighted by molar-refractivity contribution is 5.94. The van der Waals surface area contributed by atoms with Gasteiger partial charge in [0.2, 0.25) is 5.89 Å². The lowest BCUT2D eigenvalue weighted by atomic mass is 9.92. The van der Waals surface area contributed by atoms with Crippen LogP contribution >= 0.6 is 0 Å². The third-order valence-corrected chi connectivity index (χ3v) is 4.90. The van der Waals surface area contributed by atoms with E-state index < -0.39 is 0 Å². The first-order valence-electron chi connectivity index (χ1n) is 8.84. The normalized spacial score (nSPS) is 22.1. The molecule has 2 heterocycles. The smallest absolute Gasteiger partial charge is 0.226 e. The molecule has 0 bridgehead atoms. The minimum absolute atomic E-state index is 0.722. The Balaban J connectivity index is 1.58. The zero-order valence-electron chi connectivity index (χ0n) is 14.4. The van der Waals surface area contributed by atoms with E-state index >= 15 is 0 Å². The van der Waals surface area contributed by atoms with Crippen LogP contribution in [-0.4, -0.2) is 23.0 Å². The van der Waals surface area contributed by atoms with Crippen molar-refractivity contribution in [3.05, 3.63) is 54.4 Å². The van der Waals surface area contributed by atoms with Crippen LogP contribution in [0.1, 0.15) is 26.0 Å². The molecule has 124 valence electrons. The number of rotatable bonds is 3. The summed E-state index contributed by atoms with van der Waals surface area (Å²) in [5.74, 6) is 2.25. The van der Waals surface area contributed by atoms with E-state index in [9.17, 15) is 0 Å². The van der Waals surface area contributed by atoms with Crippen LogP contribution < -0.4 is 0 Å². The number of hydrogen-bond acceptors (Lipinski definition) is 3. The fraction of sp³-hybridized carbons (Fsp3) is 0.381. The molecule has 0 N–H and O–H groups in total. The van der Waals surface area contributed by atoms with Crippen molar-refractivity contribution in [1.82, 2.24) is 9.88 Å². The van der Waals surface area contributed by atoms with Crippen LogP contribution in [0.2, 0.25) is 0 Å². The van der Waals surface area contributed by atoms with Gasteiger partial charge in [-0.25, -0.2) is 4.98 Å². The van der Waals surface area contributed by atoms with Gasteiger partial charge in [-0.1, -0.05) is 50.2 Å². The average Bonchev–Trinajstić information content (AvgIpc) is 3.01. The topological polar surface area (TPSA) is 29.3 Å². The van der Waals surface area contributed by atoms with Crippen molar-refractivity contribution in [2.24, 2.45) is 11.8 Å². The molecule has 3 heteroatoms. The number of fused-ring (bicyclic) bond motifs is 1. The zero-order chi connectivity index (χ0) is 16.5. The Kier molecular flexibility index (Phi) is 4.11. The summed E-state index contributed by atoms with van der Waals surface area (Å²) in [5.41, 5.74) is 2.10. The van der Waals surface area contributed by atoms with E-state index in [1.54, 1.807) is 0 Å². The van der Waals surface area contributed by atoms with E-state index in [4.69, 9.17) is 9.40 Å². The Morgan fingerprint density at radius 3 is 2.62 bits per heavy atom. The van der Waals surface area contributed by atoms with Crippen molar-refractivity contribution in [1.29, 1.82) is 0 Å². The number of benzene rings is 2. The molecular weight excluding hydrogens is 296 g/mol. The first-order valence-corrected chi connectivity index (χ1v) is 8.84. The van der Waals surface area contributed by atoms with E-state index in [0.717, 1.165) is 48.6 Å². The molecule has 0 spiro atoms. The second kappa shape index (κ2) is 6.40. The molecule has 2 unspecified atom stereocenters. The number of piperidine rings is 1. The quantitative estimate of drug-likeness (QED) is 0.682. The van der Waals surface area contributed by atoms with Crippen LogP contribution in [0.5, 0.6) is 0 Å². The molecule has 0 radical (unpaired) electrons. The molecule has 4 rings (SSSR count). The summed E-state index contributed by atoms with van der Waals surface area (Å²) in [6, 6.07) is 14.7. The van der Waals surface area contributed by atoms with Gasteiger partial charge in [0.1, 0.15) is 6.26 Å². The van der Waals surface area contributed by atoms with Crippen LogP contribution in [0, 0.1) is 11.8 Å². The van der Waals surface area contributed by atoms with Crippen molar-refractivity contribution < 1.29 is 4.42 Å². The Morgan fingerprint density at radius 1 is 1.04 bits per heavy atom. The molecule has 1 aliphatic rings. The molecule has 24 heavy (non-hydrogen) atoms. The van der Waals surface area contributed by atoms with Gasteiger partial charge in [-0.3, -0.25) is 4.90 Å². The maximum absolute atomic E-state index is 5.82. The zero-order valence-corrected chi connectivity index (χ0v) is 14.4. The largest absolute Gasteiger partial charge is 0.444 e. The van der Waals surface area contributed by atoms with E-state index in [0.29, 0.717) is 0 Å². The summed E-state index contributed by atoms with van der Waals surface area (Å²) in [4.78, 5) is 7.27. The molecule has 1 aromatic heterocycles. The molecule has 3 aromatic rings. The standard InChI is InChI=1S/C21H24N2O/c1-15-10-16(2)12-23(11-15)13-18-14-24-21(22-18)20-9-5-7-17-6-3-4-8-19(17)20/h3-9,14-16H,10-13H2,1-2H3. The van der Waals surface area contributed by atoms with Gasteiger partial charge in [0.25, 0.3) is 0 Å². The van der Waals surface area contributed by atoms with Crippen molar-refractivity contribution in [3.63, 3.8) is 0 Å². The first-order chi connectivity index (χ1) is 11.7. The Labute approximate surface area is 143 Å². The second-order valence-electron chi connectivity index (χ2n) is 7.31. The van der Waals surface area contributed by atoms with Crippen molar-refractivity contribution in [2.45, 2.75) is 26.8 Å². The number of likely N-dealkylation sites (tertiary alicyclic amines) is 1. The van der Waals surface area contributed by atoms with Gasteiger partial charge in [0.15, 0.2) is 0 Å². The molecule has 0 amide bonds. The number of hydrogen-bond donors (Lipinski definition) is 0. The second-order valence-corrected chi connectivity index (χ2v) is 7.31. The third-order valence-electron chi connectivity index (χ3n) is 4.90. The number of nitrogens with zero attached hydrogens (tertiary/aromatic N) is 2. The molecule has 2 aromatic carbocycles. The summed E-state index contributed by atoms with van der Waals surface area (Å²) in [5, 5.41) is 2.40. The highest BCUT2D eigenvalue weighted by Crippen LogP contribution is 2.29. The fourth-order valence-corrected chi connectivity index (χ4v) is 4.07. The van der Waals surface area contributed by atoms with Crippen LogP contribution in [-0.2, 0) is 6.54 Å². The van der Waals surface area contributed by atoms with Gasteiger partial charge >= 0.3 is 0 Å². The van der Waals surface area contributed by atoms with Gasteiger partial charge in [0.05, 0.1) is 5.69 Å². The molecule has 1 fully saturated rings. The lowest BCUT2D eigenvalue weighted by molar-refractivity contribution is 0.133. The van der Waals surface area contributed by atoms with E-state index in [1.807, 2.05) is 6.26 Å². The monoisotopic (exact) mass is 320 g/mol. The summed E-state index contributed by atoms with van der Waals surface area (Å²) in [6.07, 6.45) is 3.15. The highest BCUT2D eigenvalue weighted by Gasteiger charge is 2.22. The van der Waals surface area contributed by atoms with Crippen molar-refractivity contribution >= 4 is 10.8 Å². The van der Waals surface area contributed by atoms with Gasteiger partial charge in [-0.15, -0.1) is 0 Å². The minimum atomic E-state index is 0.722. The lowest BCUT2D eigenvalue weighted by Crippen LogP contribution is -2.38. The maximum Gasteiger partial charge on any atom is 0.226 e. The molecular formula is C21H24N2O. The van der Waals surface area contributed by atoms with Gasteiger partial charge in [0, 0.05) is 25.2 Å². The molecule has 1 aliphatic heterocycles. The van der Waals surface area contributed by atoms with E-state index in [-0.39, 0.29) is 0 Å². The van der Waals surface area contributed by atoms with Gasteiger partial charge in [-0.05, 0) is 35.1 Å². The fourth-order valence-electron chi connectivity index (χ4n) is 4.07. The predicted molar refractivity (Wildman–Crippen MR) is 97.7 cm³/mol. The molecule has 1 saturated heterocycles. The maximum atomic E-state index is 5.82. The Bertz CT molecular complexity index is 823. The van der Waals surface area contributed by atoms with Gasteiger partial charge < -0.3 is 4.42 Å². The third kappa shape index (κ3) is 3.09. The van der Waals surface area contributed by atoms with E-state index in [1.165, 1.54) is 17.2 Å². The Morgan fingerprint density at radius 2 is 1.79 bits per heavy atom. The number of aromatic nitrogens is 1. The molecule has 3 nitrogen and oxygen atoms in total. The van der Waals surface area contributed by atoms with Crippen molar-refractivity contribution in [2.75, 3.05) is 13.1 Å². The molecule has 0 saturated carbocycles. The summed E-state index contributed by atoms with van der Waals surface area (Å²) in [7, 11) is 0. The molecule has 2 atom stereocenters. The van der Waals surface area contributed by atoms with Crippen LogP contribution in [0.25, 0.3) is 22.2 Å². The predicted octanol–water partition coefficient (Wildman–Crippen LogP) is 4.97. The van der Waals surface area contributed by atoms with Crippen molar-refractivity contribution in [3.8, 4) is 11.5 Å². The minimum Gasteiger partial charge on any atom is -0.444 e. The first kappa shape index (κ1) is 15.4. The summed E-state index contributed by atoms with van der Waals surface area (Å²) < 4.78 is 5.82. The average molecular weight is 320 g/mol. The Hall–Kier alpha value is -2.13.